The van der Waals surface area contributed by atoms with Crippen molar-refractivity contribution in [3.05, 3.63) is 58.7 Å². The van der Waals surface area contributed by atoms with Crippen molar-refractivity contribution in [1.82, 2.24) is 15.3 Å². The summed E-state index contributed by atoms with van der Waals surface area (Å²) in [6.07, 6.45) is 3.92. The van der Waals surface area contributed by atoms with E-state index in [9.17, 15) is 4.79 Å². The van der Waals surface area contributed by atoms with Crippen LogP contribution >= 0.6 is 11.3 Å². The second kappa shape index (κ2) is 5.50. The van der Waals surface area contributed by atoms with Crippen LogP contribution in [0.5, 0.6) is 0 Å². The number of nitrogens with one attached hydrogen (secondary N) is 1. The summed E-state index contributed by atoms with van der Waals surface area (Å²) in [4.78, 5) is 21.7. The first kappa shape index (κ1) is 13.4. The number of fused-ring (bicyclic) bond motifs is 2. The van der Waals surface area contributed by atoms with Gasteiger partial charge in [-0.1, -0.05) is 35.6 Å². The van der Waals surface area contributed by atoms with Gasteiger partial charge >= 0.3 is 0 Å². The number of nitrogens with zero attached hydrogens (tertiary/aromatic N) is 2. The Morgan fingerprint density at radius 1 is 1.27 bits per heavy atom. The highest BCUT2D eigenvalue weighted by Crippen LogP contribution is 2.32. The van der Waals surface area contributed by atoms with Crippen LogP contribution in [0.25, 0.3) is 10.3 Å². The highest BCUT2D eigenvalue weighted by Gasteiger charge is 2.23. The lowest BCUT2D eigenvalue weighted by Crippen LogP contribution is -2.27. The van der Waals surface area contributed by atoms with Crippen molar-refractivity contribution in [3.63, 3.8) is 0 Å². The van der Waals surface area contributed by atoms with Gasteiger partial charge in [0.2, 0.25) is 0 Å². The molecule has 2 aromatic heterocycles. The van der Waals surface area contributed by atoms with Crippen molar-refractivity contribution < 1.29 is 4.79 Å². The Bertz CT molecular complexity index is 810. The number of aromatic nitrogens is 2. The molecule has 4 nitrogen and oxygen atoms in total. The predicted octanol–water partition coefficient (Wildman–Crippen LogP) is 3.15. The first-order chi connectivity index (χ1) is 10.8. The van der Waals surface area contributed by atoms with E-state index in [0.29, 0.717) is 17.5 Å². The second-order valence-electron chi connectivity index (χ2n) is 5.49. The van der Waals surface area contributed by atoms with Crippen molar-refractivity contribution in [3.8, 4) is 0 Å². The molecule has 1 unspecified atom stereocenters. The van der Waals surface area contributed by atoms with E-state index in [1.165, 1.54) is 22.5 Å². The van der Waals surface area contributed by atoms with Crippen LogP contribution in [-0.2, 0) is 6.42 Å². The van der Waals surface area contributed by atoms with Gasteiger partial charge in [0.05, 0.1) is 0 Å². The molecule has 1 aliphatic rings. The van der Waals surface area contributed by atoms with Crippen molar-refractivity contribution >= 4 is 27.6 Å². The minimum Gasteiger partial charge on any atom is -0.349 e. The van der Waals surface area contributed by atoms with E-state index in [0.717, 1.165) is 23.2 Å². The quantitative estimate of drug-likeness (QED) is 0.808. The fourth-order valence-corrected chi connectivity index (χ4v) is 3.84. The van der Waals surface area contributed by atoms with Gasteiger partial charge in [-0.2, -0.15) is 0 Å². The van der Waals surface area contributed by atoms with Crippen LogP contribution in [0, 0.1) is 0 Å². The molecule has 0 aliphatic heterocycles. The average Bonchev–Trinajstić information content (AvgIpc) is 3.16. The maximum atomic E-state index is 12.3. The molecule has 5 heteroatoms. The normalized spacial score (nSPS) is 16.6. The van der Waals surface area contributed by atoms with E-state index in [2.05, 4.69) is 39.6 Å². The van der Waals surface area contributed by atoms with E-state index in [1.54, 1.807) is 6.20 Å². The van der Waals surface area contributed by atoms with Crippen LogP contribution < -0.4 is 5.32 Å². The maximum absolute atomic E-state index is 12.3. The van der Waals surface area contributed by atoms with E-state index < -0.39 is 0 Å². The molecule has 0 bridgehead atoms. The van der Waals surface area contributed by atoms with E-state index in [4.69, 9.17) is 0 Å². The molecule has 0 saturated heterocycles. The summed E-state index contributed by atoms with van der Waals surface area (Å²) >= 11 is 1.34. The lowest BCUT2D eigenvalue weighted by Gasteiger charge is -2.11. The van der Waals surface area contributed by atoms with Gasteiger partial charge in [0, 0.05) is 18.7 Å². The van der Waals surface area contributed by atoms with Crippen LogP contribution in [0.15, 0.2) is 42.6 Å². The third-order valence-corrected chi connectivity index (χ3v) is 5.10. The van der Waals surface area contributed by atoms with E-state index in [-0.39, 0.29) is 5.91 Å². The largest absolute Gasteiger partial charge is 0.349 e. The monoisotopic (exact) mass is 309 g/mol. The third kappa shape index (κ3) is 2.37. The molecule has 1 aliphatic carbocycles. The molecule has 0 spiro atoms. The SMILES string of the molecule is O=C(NCC1CCc2ccccc21)c1nc2cccnc2s1. The molecule has 4 rings (SSSR count). The Hall–Kier alpha value is -2.27. The molecule has 2 heterocycles. The highest BCUT2D eigenvalue weighted by atomic mass is 32.1. The van der Waals surface area contributed by atoms with Crippen molar-refractivity contribution in [2.24, 2.45) is 0 Å². The maximum Gasteiger partial charge on any atom is 0.280 e. The first-order valence-electron chi connectivity index (χ1n) is 7.39. The Morgan fingerprint density at radius 2 is 2.18 bits per heavy atom. The third-order valence-electron chi connectivity index (χ3n) is 4.13. The van der Waals surface area contributed by atoms with Gasteiger partial charge < -0.3 is 5.32 Å². The zero-order valence-electron chi connectivity index (χ0n) is 12.0. The number of benzene rings is 1. The Balaban J connectivity index is 1.47. The summed E-state index contributed by atoms with van der Waals surface area (Å²) in [5.41, 5.74) is 3.56. The molecule has 3 aromatic rings. The standard InChI is InChI=1S/C17H15N3OS/c21-15(17-20-14-6-3-9-18-16(14)22-17)19-10-12-8-7-11-4-1-2-5-13(11)12/h1-6,9,12H,7-8,10H2,(H,19,21). The molecule has 0 saturated carbocycles. The molecule has 0 fully saturated rings. The van der Waals surface area contributed by atoms with Crippen molar-refractivity contribution in [2.75, 3.05) is 6.54 Å². The lowest BCUT2D eigenvalue weighted by atomic mass is 10.0. The summed E-state index contributed by atoms with van der Waals surface area (Å²) in [6.45, 7) is 0.666. The number of aryl methyl sites for hydroxylation is 1. The zero-order chi connectivity index (χ0) is 14.9. The molecular formula is C17H15N3OS. The number of pyridine rings is 1. The second-order valence-corrected chi connectivity index (χ2v) is 6.47. The van der Waals surface area contributed by atoms with Gasteiger partial charge in [-0.3, -0.25) is 4.79 Å². The summed E-state index contributed by atoms with van der Waals surface area (Å²) in [7, 11) is 0. The Labute approximate surface area is 132 Å². The minimum atomic E-state index is -0.104. The number of carbonyl (C=O) groups is 1. The van der Waals surface area contributed by atoms with Crippen LogP contribution in [0.2, 0.25) is 0 Å². The van der Waals surface area contributed by atoms with Gasteiger partial charge in [0.1, 0.15) is 10.3 Å². The van der Waals surface area contributed by atoms with Gasteiger partial charge in [0.25, 0.3) is 5.91 Å². The average molecular weight is 309 g/mol. The number of hydrogen-bond donors (Lipinski definition) is 1. The van der Waals surface area contributed by atoms with Crippen LogP contribution in [0.4, 0.5) is 0 Å². The number of hydrogen-bond acceptors (Lipinski definition) is 4. The molecule has 110 valence electrons. The number of rotatable bonds is 3. The van der Waals surface area contributed by atoms with Gasteiger partial charge in [0.15, 0.2) is 5.01 Å². The van der Waals surface area contributed by atoms with E-state index >= 15 is 0 Å². The van der Waals surface area contributed by atoms with Gasteiger partial charge in [-0.05, 0) is 36.1 Å². The van der Waals surface area contributed by atoms with Crippen molar-refractivity contribution in [1.29, 1.82) is 0 Å². The first-order valence-corrected chi connectivity index (χ1v) is 8.20. The van der Waals surface area contributed by atoms with Crippen LogP contribution in [-0.4, -0.2) is 22.4 Å². The zero-order valence-corrected chi connectivity index (χ0v) is 12.8. The molecule has 1 atom stereocenters. The summed E-state index contributed by atoms with van der Waals surface area (Å²) in [6, 6.07) is 12.2. The Kier molecular flexibility index (Phi) is 3.35. The minimum absolute atomic E-state index is 0.104. The smallest absolute Gasteiger partial charge is 0.280 e. The highest BCUT2D eigenvalue weighted by molar-refractivity contribution is 7.19. The van der Waals surface area contributed by atoms with Crippen molar-refractivity contribution in [2.45, 2.75) is 18.8 Å². The molecule has 1 aromatic carbocycles. The van der Waals surface area contributed by atoms with Gasteiger partial charge in [-0.25, -0.2) is 9.97 Å². The molecular weight excluding hydrogens is 294 g/mol. The molecule has 1 amide bonds. The number of carbonyl (C=O) groups excluding carboxylic acids is 1. The predicted molar refractivity (Wildman–Crippen MR) is 87.3 cm³/mol. The van der Waals surface area contributed by atoms with Crippen LogP contribution in [0.3, 0.4) is 0 Å². The summed E-state index contributed by atoms with van der Waals surface area (Å²) < 4.78 is 0. The topological polar surface area (TPSA) is 54.9 Å². The number of thiazole rings is 1. The molecule has 1 N–H and O–H groups in total. The Morgan fingerprint density at radius 3 is 3.09 bits per heavy atom. The fourth-order valence-electron chi connectivity index (χ4n) is 3.02. The lowest BCUT2D eigenvalue weighted by molar-refractivity contribution is 0.0951. The molecule has 0 radical (unpaired) electrons. The van der Waals surface area contributed by atoms with E-state index in [1.807, 2.05) is 12.1 Å². The fraction of sp³-hybridized carbons (Fsp3) is 0.235. The summed E-state index contributed by atoms with van der Waals surface area (Å²) in [5, 5.41) is 3.51. The van der Waals surface area contributed by atoms with Gasteiger partial charge in [-0.15, -0.1) is 0 Å². The van der Waals surface area contributed by atoms with Crippen LogP contribution in [0.1, 0.15) is 33.3 Å². The molecule has 22 heavy (non-hydrogen) atoms. The number of amides is 1. The summed E-state index contributed by atoms with van der Waals surface area (Å²) in [5.74, 6) is 0.306.